The molecule has 0 bridgehead atoms. The Morgan fingerprint density at radius 3 is 2.47 bits per heavy atom. The second kappa shape index (κ2) is 8.71. The number of aliphatic hydroxyl groups is 1. The SMILES string of the molecule is CCC[C@]1(C(=O)O)CN(c2nc(-c3ccc(OC)cc3)ccc2C(=O)O)CC[C@H]1O. The van der Waals surface area contributed by atoms with Crippen molar-refractivity contribution in [2.75, 3.05) is 25.1 Å². The first-order chi connectivity index (χ1) is 14.3. The molecule has 1 aromatic heterocycles. The van der Waals surface area contributed by atoms with Crippen LogP contribution in [0.2, 0.25) is 0 Å². The molecule has 2 heterocycles. The fourth-order valence-electron chi connectivity index (χ4n) is 4.05. The predicted octanol–water partition coefficient (Wildman–Crippen LogP) is 2.90. The van der Waals surface area contributed by atoms with Crippen molar-refractivity contribution in [3.63, 3.8) is 0 Å². The predicted molar refractivity (Wildman–Crippen MR) is 111 cm³/mol. The number of carboxylic acid groups (broad SMARTS) is 2. The zero-order valence-corrected chi connectivity index (χ0v) is 17.0. The van der Waals surface area contributed by atoms with Crippen LogP contribution in [0, 0.1) is 5.41 Å². The van der Waals surface area contributed by atoms with Crippen LogP contribution in [-0.4, -0.2) is 58.5 Å². The Labute approximate surface area is 174 Å². The number of pyridine rings is 1. The topological polar surface area (TPSA) is 120 Å². The van der Waals surface area contributed by atoms with Crippen LogP contribution in [0.15, 0.2) is 36.4 Å². The zero-order chi connectivity index (χ0) is 21.9. The number of methoxy groups -OCH3 is 1. The summed E-state index contributed by atoms with van der Waals surface area (Å²) in [4.78, 5) is 30.2. The summed E-state index contributed by atoms with van der Waals surface area (Å²) in [7, 11) is 1.57. The van der Waals surface area contributed by atoms with Gasteiger partial charge in [-0.3, -0.25) is 4.79 Å². The summed E-state index contributed by atoms with van der Waals surface area (Å²) < 4.78 is 5.17. The van der Waals surface area contributed by atoms with Gasteiger partial charge < -0.3 is 25.0 Å². The van der Waals surface area contributed by atoms with E-state index < -0.39 is 23.5 Å². The zero-order valence-electron chi connectivity index (χ0n) is 17.0. The summed E-state index contributed by atoms with van der Waals surface area (Å²) >= 11 is 0. The molecule has 1 aromatic carbocycles. The van der Waals surface area contributed by atoms with Gasteiger partial charge in [0.25, 0.3) is 0 Å². The molecule has 8 heteroatoms. The van der Waals surface area contributed by atoms with Crippen molar-refractivity contribution in [3.05, 3.63) is 42.0 Å². The molecule has 30 heavy (non-hydrogen) atoms. The molecule has 3 N–H and O–H groups in total. The molecule has 2 atom stereocenters. The second-order valence-corrected chi connectivity index (χ2v) is 7.54. The summed E-state index contributed by atoms with van der Waals surface area (Å²) in [5.41, 5.74) is -0.00988. The first-order valence-corrected chi connectivity index (χ1v) is 9.87. The lowest BCUT2D eigenvalue weighted by Crippen LogP contribution is -2.56. The Kier molecular flexibility index (Phi) is 6.26. The fraction of sp³-hybridized carbons (Fsp3) is 0.409. The highest BCUT2D eigenvalue weighted by molar-refractivity contribution is 5.94. The van der Waals surface area contributed by atoms with E-state index in [0.29, 0.717) is 30.8 Å². The summed E-state index contributed by atoms with van der Waals surface area (Å²) in [5.74, 6) is -1.31. The van der Waals surface area contributed by atoms with Gasteiger partial charge in [0.05, 0.1) is 18.9 Å². The van der Waals surface area contributed by atoms with Crippen molar-refractivity contribution in [3.8, 4) is 17.0 Å². The standard InChI is InChI=1S/C22H26N2O6/c1-3-11-22(21(28)29)13-24(12-10-18(22)25)19-16(20(26)27)8-9-17(23-19)14-4-6-15(30-2)7-5-14/h4-9,18,25H,3,10-13H2,1-2H3,(H,26,27)(H,28,29)/t18-,22+/m1/s1. The van der Waals surface area contributed by atoms with E-state index in [1.165, 1.54) is 6.07 Å². The van der Waals surface area contributed by atoms with Crippen molar-refractivity contribution >= 4 is 17.8 Å². The van der Waals surface area contributed by atoms with Crippen molar-refractivity contribution in [1.82, 2.24) is 4.98 Å². The van der Waals surface area contributed by atoms with Gasteiger partial charge in [-0.1, -0.05) is 13.3 Å². The van der Waals surface area contributed by atoms with Crippen molar-refractivity contribution in [2.24, 2.45) is 5.41 Å². The largest absolute Gasteiger partial charge is 0.497 e. The normalized spacial score (nSPS) is 21.3. The number of rotatable bonds is 7. The molecule has 8 nitrogen and oxygen atoms in total. The lowest BCUT2D eigenvalue weighted by atomic mass is 9.74. The number of aromatic nitrogens is 1. The van der Waals surface area contributed by atoms with Crippen molar-refractivity contribution in [2.45, 2.75) is 32.3 Å². The molecule has 0 aliphatic carbocycles. The van der Waals surface area contributed by atoms with E-state index >= 15 is 0 Å². The first kappa shape index (κ1) is 21.6. The van der Waals surface area contributed by atoms with Crippen LogP contribution >= 0.6 is 0 Å². The van der Waals surface area contributed by atoms with Crippen LogP contribution in [0.5, 0.6) is 5.75 Å². The number of piperidine rings is 1. The Morgan fingerprint density at radius 1 is 1.20 bits per heavy atom. The van der Waals surface area contributed by atoms with Gasteiger partial charge in [0, 0.05) is 18.7 Å². The Bertz CT molecular complexity index is 930. The fourth-order valence-corrected chi connectivity index (χ4v) is 4.05. The molecule has 0 amide bonds. The molecule has 0 saturated carbocycles. The van der Waals surface area contributed by atoms with Crippen molar-refractivity contribution < 1.29 is 29.6 Å². The minimum Gasteiger partial charge on any atom is -0.497 e. The van der Waals surface area contributed by atoms with Crippen LogP contribution in [0.25, 0.3) is 11.3 Å². The number of aliphatic carboxylic acids is 1. The highest BCUT2D eigenvalue weighted by Crippen LogP contribution is 2.38. The number of aromatic carboxylic acids is 1. The lowest BCUT2D eigenvalue weighted by Gasteiger charge is -2.44. The van der Waals surface area contributed by atoms with Gasteiger partial charge in [0.1, 0.15) is 22.5 Å². The van der Waals surface area contributed by atoms with E-state index in [2.05, 4.69) is 4.98 Å². The number of nitrogens with zero attached hydrogens (tertiary/aromatic N) is 2. The van der Waals surface area contributed by atoms with Crippen LogP contribution in [0.3, 0.4) is 0 Å². The molecule has 160 valence electrons. The van der Waals surface area contributed by atoms with Crippen LogP contribution in [0.1, 0.15) is 36.5 Å². The summed E-state index contributed by atoms with van der Waals surface area (Å²) in [5, 5.41) is 30.0. The first-order valence-electron chi connectivity index (χ1n) is 9.87. The van der Waals surface area contributed by atoms with Crippen LogP contribution < -0.4 is 9.64 Å². The minimum absolute atomic E-state index is 0.000520. The second-order valence-electron chi connectivity index (χ2n) is 7.54. The van der Waals surface area contributed by atoms with Gasteiger partial charge >= 0.3 is 11.9 Å². The number of benzene rings is 1. The van der Waals surface area contributed by atoms with Crippen LogP contribution in [-0.2, 0) is 4.79 Å². The molecule has 1 saturated heterocycles. The molecule has 0 radical (unpaired) electrons. The van der Waals surface area contributed by atoms with E-state index in [1.54, 1.807) is 30.2 Å². The number of ether oxygens (including phenoxy) is 1. The van der Waals surface area contributed by atoms with E-state index in [4.69, 9.17) is 4.74 Å². The average Bonchev–Trinajstić information content (AvgIpc) is 2.75. The van der Waals surface area contributed by atoms with Gasteiger partial charge in [-0.25, -0.2) is 9.78 Å². The van der Waals surface area contributed by atoms with Gasteiger partial charge in [-0.05, 0) is 49.2 Å². The Hall–Kier alpha value is -3.13. The summed E-state index contributed by atoms with van der Waals surface area (Å²) in [6, 6.07) is 10.3. The molecule has 1 aliphatic rings. The van der Waals surface area contributed by atoms with E-state index in [1.807, 2.05) is 19.1 Å². The maximum atomic E-state index is 12.1. The van der Waals surface area contributed by atoms with Gasteiger partial charge in [-0.2, -0.15) is 0 Å². The number of hydrogen-bond donors (Lipinski definition) is 3. The summed E-state index contributed by atoms with van der Waals surface area (Å²) in [6.07, 6.45) is 0.104. The molecular weight excluding hydrogens is 388 g/mol. The minimum atomic E-state index is -1.36. The Morgan fingerprint density at radius 2 is 1.90 bits per heavy atom. The number of carbonyl (C=O) groups is 2. The molecule has 0 unspecified atom stereocenters. The third-order valence-electron chi connectivity index (χ3n) is 5.70. The molecular formula is C22H26N2O6. The van der Waals surface area contributed by atoms with E-state index in [-0.39, 0.29) is 24.3 Å². The van der Waals surface area contributed by atoms with Crippen LogP contribution in [0.4, 0.5) is 5.82 Å². The lowest BCUT2D eigenvalue weighted by molar-refractivity contribution is -0.158. The van der Waals surface area contributed by atoms with Gasteiger partial charge in [0.2, 0.25) is 0 Å². The van der Waals surface area contributed by atoms with Crippen molar-refractivity contribution in [1.29, 1.82) is 0 Å². The number of hydrogen-bond acceptors (Lipinski definition) is 6. The molecule has 0 spiro atoms. The van der Waals surface area contributed by atoms with Gasteiger partial charge in [-0.15, -0.1) is 0 Å². The molecule has 2 aromatic rings. The van der Waals surface area contributed by atoms with Gasteiger partial charge in [0.15, 0.2) is 0 Å². The molecule has 3 rings (SSSR count). The number of anilines is 1. The Balaban J connectivity index is 2.04. The average molecular weight is 414 g/mol. The third-order valence-corrected chi connectivity index (χ3v) is 5.70. The highest BCUT2D eigenvalue weighted by Gasteiger charge is 2.49. The number of aliphatic hydroxyl groups excluding tert-OH is 1. The quantitative estimate of drug-likeness (QED) is 0.633. The smallest absolute Gasteiger partial charge is 0.339 e. The maximum Gasteiger partial charge on any atom is 0.339 e. The van der Waals surface area contributed by atoms with E-state index in [9.17, 15) is 24.9 Å². The highest BCUT2D eigenvalue weighted by atomic mass is 16.5. The summed E-state index contributed by atoms with van der Waals surface area (Å²) in [6.45, 7) is 2.18. The molecule has 1 fully saturated rings. The van der Waals surface area contributed by atoms with E-state index in [0.717, 1.165) is 5.56 Å². The monoisotopic (exact) mass is 414 g/mol. The number of carboxylic acids is 2. The third kappa shape index (κ3) is 3.95. The molecule has 1 aliphatic heterocycles. The maximum absolute atomic E-state index is 12.1.